The zero-order valence-corrected chi connectivity index (χ0v) is 13.0. The summed E-state index contributed by atoms with van der Waals surface area (Å²) in [6.45, 7) is 1.75. The van der Waals surface area contributed by atoms with Gasteiger partial charge in [0, 0.05) is 23.7 Å². The molecule has 3 heterocycles. The number of anilines is 1. The zero-order valence-electron chi connectivity index (χ0n) is 13.0. The first-order valence-corrected chi connectivity index (χ1v) is 7.25. The maximum atomic E-state index is 11.8. The number of carbonyl (C=O) groups is 1. The molecular formula is C16H15N5O3. The average Bonchev–Trinajstić information content (AvgIpc) is 3.04. The van der Waals surface area contributed by atoms with Crippen molar-refractivity contribution in [3.63, 3.8) is 0 Å². The lowest BCUT2D eigenvalue weighted by molar-refractivity contribution is -0.121. The smallest absolute Gasteiger partial charge is 0.252 e. The Morgan fingerprint density at radius 2 is 2.17 bits per heavy atom. The molecular weight excluding hydrogens is 310 g/mol. The van der Waals surface area contributed by atoms with Crippen LogP contribution in [0.2, 0.25) is 0 Å². The van der Waals surface area contributed by atoms with Crippen molar-refractivity contribution in [2.24, 2.45) is 0 Å². The summed E-state index contributed by atoms with van der Waals surface area (Å²) in [5.74, 6) is 0.894. The maximum absolute atomic E-state index is 11.8. The van der Waals surface area contributed by atoms with Crippen LogP contribution in [0.15, 0.2) is 47.2 Å². The average molecular weight is 325 g/mol. The minimum absolute atomic E-state index is 0.0436. The van der Waals surface area contributed by atoms with Gasteiger partial charge in [0.25, 0.3) is 11.8 Å². The standard InChI is InChI=1S/C16H15N5O3/c1-11-4-2-6-13(18-11)19-14(22)9-23-10-15-20-16(21-24-15)12-5-3-7-17-8-12/h2-8H,9-10H2,1H3,(H,18,19,22). The highest BCUT2D eigenvalue weighted by Gasteiger charge is 2.10. The summed E-state index contributed by atoms with van der Waals surface area (Å²) in [6, 6.07) is 8.98. The second-order valence-electron chi connectivity index (χ2n) is 4.96. The highest BCUT2D eigenvalue weighted by molar-refractivity contribution is 5.90. The molecule has 0 aliphatic heterocycles. The van der Waals surface area contributed by atoms with Gasteiger partial charge in [0.15, 0.2) is 0 Å². The highest BCUT2D eigenvalue weighted by atomic mass is 16.5. The van der Waals surface area contributed by atoms with Gasteiger partial charge in [-0.25, -0.2) is 4.98 Å². The molecule has 0 radical (unpaired) electrons. The Morgan fingerprint density at radius 3 is 2.96 bits per heavy atom. The van der Waals surface area contributed by atoms with Gasteiger partial charge in [0.2, 0.25) is 5.82 Å². The second-order valence-corrected chi connectivity index (χ2v) is 4.96. The molecule has 0 unspecified atom stereocenters. The van der Waals surface area contributed by atoms with Crippen LogP contribution in [0.3, 0.4) is 0 Å². The van der Waals surface area contributed by atoms with Gasteiger partial charge in [-0.1, -0.05) is 11.2 Å². The van der Waals surface area contributed by atoms with Crippen LogP contribution < -0.4 is 5.32 Å². The summed E-state index contributed by atoms with van der Waals surface area (Å²) in [7, 11) is 0. The Morgan fingerprint density at radius 1 is 1.25 bits per heavy atom. The molecule has 0 fully saturated rings. The number of amides is 1. The third kappa shape index (κ3) is 4.20. The largest absolute Gasteiger partial charge is 0.362 e. The minimum Gasteiger partial charge on any atom is -0.362 e. The molecule has 8 nitrogen and oxygen atoms in total. The van der Waals surface area contributed by atoms with Crippen molar-refractivity contribution in [3.8, 4) is 11.4 Å². The monoisotopic (exact) mass is 325 g/mol. The highest BCUT2D eigenvalue weighted by Crippen LogP contribution is 2.13. The molecule has 0 aromatic carbocycles. The topological polar surface area (TPSA) is 103 Å². The Hall–Kier alpha value is -3.13. The van der Waals surface area contributed by atoms with E-state index >= 15 is 0 Å². The Bertz CT molecular complexity index is 819. The van der Waals surface area contributed by atoms with Crippen molar-refractivity contribution in [1.29, 1.82) is 0 Å². The van der Waals surface area contributed by atoms with E-state index in [0.29, 0.717) is 11.6 Å². The molecule has 1 N–H and O–H groups in total. The molecule has 0 aliphatic carbocycles. The van der Waals surface area contributed by atoms with Crippen molar-refractivity contribution in [2.75, 3.05) is 11.9 Å². The number of nitrogens with zero attached hydrogens (tertiary/aromatic N) is 4. The van der Waals surface area contributed by atoms with Gasteiger partial charge in [-0.05, 0) is 31.2 Å². The Balaban J connectivity index is 1.48. The lowest BCUT2D eigenvalue weighted by Gasteiger charge is -2.04. The van der Waals surface area contributed by atoms with Crippen LogP contribution in [0.25, 0.3) is 11.4 Å². The molecule has 3 aromatic heterocycles. The molecule has 0 saturated carbocycles. The van der Waals surface area contributed by atoms with E-state index in [1.165, 1.54) is 0 Å². The van der Waals surface area contributed by atoms with Gasteiger partial charge >= 0.3 is 0 Å². The molecule has 8 heteroatoms. The van der Waals surface area contributed by atoms with Crippen LogP contribution in [0.4, 0.5) is 5.82 Å². The Kier molecular flexibility index (Phi) is 4.87. The Labute approximate surface area is 137 Å². The van der Waals surface area contributed by atoms with E-state index in [1.54, 1.807) is 24.5 Å². The van der Waals surface area contributed by atoms with Gasteiger partial charge < -0.3 is 14.6 Å². The predicted octanol–water partition coefficient (Wildman–Crippen LogP) is 1.99. The summed E-state index contributed by atoms with van der Waals surface area (Å²) in [5, 5.41) is 6.50. The number of hydrogen-bond donors (Lipinski definition) is 1. The van der Waals surface area contributed by atoms with Gasteiger partial charge in [0.1, 0.15) is 19.0 Å². The van der Waals surface area contributed by atoms with E-state index < -0.39 is 0 Å². The van der Waals surface area contributed by atoms with Crippen molar-refractivity contribution >= 4 is 11.7 Å². The van der Waals surface area contributed by atoms with Crippen molar-refractivity contribution in [2.45, 2.75) is 13.5 Å². The van der Waals surface area contributed by atoms with E-state index in [1.807, 2.05) is 25.1 Å². The number of nitrogens with one attached hydrogen (secondary N) is 1. The normalized spacial score (nSPS) is 10.5. The maximum Gasteiger partial charge on any atom is 0.252 e. The number of rotatable bonds is 6. The van der Waals surface area contributed by atoms with Gasteiger partial charge in [-0.15, -0.1) is 0 Å². The second kappa shape index (κ2) is 7.42. The summed E-state index contributed by atoms with van der Waals surface area (Å²) < 4.78 is 10.4. The SMILES string of the molecule is Cc1cccc(NC(=O)COCc2nc(-c3cccnc3)no2)n1. The number of hydrogen-bond acceptors (Lipinski definition) is 7. The molecule has 0 aliphatic rings. The molecule has 3 rings (SSSR count). The predicted molar refractivity (Wildman–Crippen MR) is 84.8 cm³/mol. The minimum atomic E-state index is -0.305. The molecule has 0 atom stereocenters. The van der Waals surface area contributed by atoms with E-state index in [-0.39, 0.29) is 25.0 Å². The van der Waals surface area contributed by atoms with E-state index in [9.17, 15) is 4.79 Å². The van der Waals surface area contributed by atoms with Gasteiger partial charge in [-0.3, -0.25) is 9.78 Å². The van der Waals surface area contributed by atoms with Crippen LogP contribution >= 0.6 is 0 Å². The molecule has 0 spiro atoms. The number of ether oxygens (including phenoxy) is 1. The number of aryl methyl sites for hydroxylation is 1. The molecule has 0 saturated heterocycles. The van der Waals surface area contributed by atoms with E-state index in [0.717, 1.165) is 11.3 Å². The zero-order chi connectivity index (χ0) is 16.8. The van der Waals surface area contributed by atoms with E-state index in [4.69, 9.17) is 9.26 Å². The summed E-state index contributed by atoms with van der Waals surface area (Å²) in [4.78, 5) is 24.1. The first kappa shape index (κ1) is 15.8. The van der Waals surface area contributed by atoms with Gasteiger partial charge in [0.05, 0.1) is 0 Å². The van der Waals surface area contributed by atoms with Crippen LogP contribution in [0.1, 0.15) is 11.6 Å². The lowest BCUT2D eigenvalue weighted by Crippen LogP contribution is -2.19. The number of pyridine rings is 2. The first-order valence-electron chi connectivity index (χ1n) is 7.25. The molecule has 3 aromatic rings. The van der Waals surface area contributed by atoms with Crippen LogP contribution in [-0.4, -0.2) is 32.6 Å². The van der Waals surface area contributed by atoms with Gasteiger partial charge in [-0.2, -0.15) is 4.98 Å². The van der Waals surface area contributed by atoms with Crippen molar-refractivity contribution in [1.82, 2.24) is 20.1 Å². The fourth-order valence-corrected chi connectivity index (χ4v) is 1.95. The van der Waals surface area contributed by atoms with Crippen LogP contribution in [0.5, 0.6) is 0 Å². The van der Waals surface area contributed by atoms with E-state index in [2.05, 4.69) is 25.4 Å². The molecule has 122 valence electrons. The summed E-state index contributed by atoms with van der Waals surface area (Å²) in [6.07, 6.45) is 3.30. The third-order valence-corrected chi connectivity index (χ3v) is 3.00. The lowest BCUT2D eigenvalue weighted by atomic mass is 10.3. The third-order valence-electron chi connectivity index (χ3n) is 3.00. The van der Waals surface area contributed by atoms with Crippen LogP contribution in [0, 0.1) is 6.92 Å². The fourth-order valence-electron chi connectivity index (χ4n) is 1.95. The molecule has 1 amide bonds. The number of carbonyl (C=O) groups excluding carboxylic acids is 1. The fraction of sp³-hybridized carbons (Fsp3) is 0.188. The summed E-state index contributed by atoms with van der Waals surface area (Å²) in [5.41, 5.74) is 1.57. The molecule has 0 bridgehead atoms. The first-order chi connectivity index (χ1) is 11.7. The number of aromatic nitrogens is 4. The summed E-state index contributed by atoms with van der Waals surface area (Å²) >= 11 is 0. The van der Waals surface area contributed by atoms with Crippen molar-refractivity contribution < 1.29 is 14.1 Å². The van der Waals surface area contributed by atoms with Crippen LogP contribution in [-0.2, 0) is 16.1 Å². The molecule has 24 heavy (non-hydrogen) atoms. The van der Waals surface area contributed by atoms with Crippen molar-refractivity contribution in [3.05, 3.63) is 54.3 Å². The quantitative estimate of drug-likeness (QED) is 0.739.